The van der Waals surface area contributed by atoms with E-state index < -0.39 is 4.92 Å². The Kier molecular flexibility index (Phi) is 5.96. The van der Waals surface area contributed by atoms with Crippen molar-refractivity contribution < 1.29 is 4.92 Å². The SMILES string of the molecule is CN(CCNCc1ccc(Cl)c([N+](=O)[O-])c1)C1CCCC1. The minimum Gasteiger partial charge on any atom is -0.311 e. The summed E-state index contributed by atoms with van der Waals surface area (Å²) in [6, 6.07) is 5.67. The first-order valence-electron chi connectivity index (χ1n) is 7.41. The Labute approximate surface area is 130 Å². The van der Waals surface area contributed by atoms with Gasteiger partial charge < -0.3 is 10.2 Å². The van der Waals surface area contributed by atoms with Gasteiger partial charge in [-0.15, -0.1) is 0 Å². The molecule has 1 N–H and O–H groups in total. The first kappa shape index (κ1) is 16.2. The van der Waals surface area contributed by atoms with Crippen LogP contribution in [0.2, 0.25) is 5.02 Å². The van der Waals surface area contributed by atoms with Gasteiger partial charge in [-0.05, 0) is 31.5 Å². The van der Waals surface area contributed by atoms with Gasteiger partial charge in [0.2, 0.25) is 0 Å². The van der Waals surface area contributed by atoms with Gasteiger partial charge in [-0.2, -0.15) is 0 Å². The molecule has 21 heavy (non-hydrogen) atoms. The predicted molar refractivity (Wildman–Crippen MR) is 84.7 cm³/mol. The highest BCUT2D eigenvalue weighted by Gasteiger charge is 2.18. The summed E-state index contributed by atoms with van der Waals surface area (Å²) in [4.78, 5) is 12.8. The lowest BCUT2D eigenvalue weighted by molar-refractivity contribution is -0.384. The van der Waals surface area contributed by atoms with E-state index in [9.17, 15) is 10.1 Å². The summed E-state index contributed by atoms with van der Waals surface area (Å²) in [6.45, 7) is 2.50. The van der Waals surface area contributed by atoms with Gasteiger partial charge in [-0.25, -0.2) is 0 Å². The molecule has 0 aromatic heterocycles. The van der Waals surface area contributed by atoms with Crippen LogP contribution in [0.1, 0.15) is 31.2 Å². The number of nitrogens with zero attached hydrogens (tertiary/aromatic N) is 2. The summed E-state index contributed by atoms with van der Waals surface area (Å²) in [7, 11) is 2.17. The molecule has 0 spiro atoms. The third-order valence-electron chi connectivity index (χ3n) is 4.13. The van der Waals surface area contributed by atoms with E-state index in [1.807, 2.05) is 6.07 Å². The normalized spacial score (nSPS) is 15.8. The van der Waals surface area contributed by atoms with Crippen LogP contribution < -0.4 is 5.32 Å². The zero-order valence-electron chi connectivity index (χ0n) is 12.3. The fourth-order valence-corrected chi connectivity index (χ4v) is 3.01. The minimum atomic E-state index is -0.445. The van der Waals surface area contributed by atoms with Crippen molar-refractivity contribution in [1.29, 1.82) is 0 Å². The predicted octanol–water partition coefficient (Wildman–Crippen LogP) is 3.21. The first-order chi connectivity index (χ1) is 10.1. The molecule has 1 fully saturated rings. The van der Waals surface area contributed by atoms with Gasteiger partial charge in [0.15, 0.2) is 0 Å². The summed E-state index contributed by atoms with van der Waals surface area (Å²) in [6.07, 6.45) is 5.30. The molecule has 1 aromatic carbocycles. The average Bonchev–Trinajstić information content (AvgIpc) is 2.99. The van der Waals surface area contributed by atoms with E-state index in [2.05, 4.69) is 17.3 Å². The molecule has 116 valence electrons. The van der Waals surface area contributed by atoms with Crippen molar-refractivity contribution in [2.75, 3.05) is 20.1 Å². The number of benzene rings is 1. The van der Waals surface area contributed by atoms with Crippen molar-refractivity contribution in [1.82, 2.24) is 10.2 Å². The minimum absolute atomic E-state index is 0.0287. The molecule has 1 aromatic rings. The van der Waals surface area contributed by atoms with Gasteiger partial charge in [0.05, 0.1) is 4.92 Å². The van der Waals surface area contributed by atoms with Gasteiger partial charge in [0.25, 0.3) is 5.69 Å². The molecule has 0 heterocycles. The van der Waals surface area contributed by atoms with Crippen molar-refractivity contribution in [3.63, 3.8) is 0 Å². The molecule has 2 rings (SSSR count). The van der Waals surface area contributed by atoms with E-state index in [-0.39, 0.29) is 10.7 Å². The summed E-state index contributed by atoms with van der Waals surface area (Å²) in [5, 5.41) is 14.4. The molecule has 0 saturated heterocycles. The van der Waals surface area contributed by atoms with Crippen molar-refractivity contribution in [3.05, 3.63) is 38.9 Å². The quantitative estimate of drug-likeness (QED) is 0.477. The molecule has 5 nitrogen and oxygen atoms in total. The maximum atomic E-state index is 10.8. The largest absolute Gasteiger partial charge is 0.311 e. The molecular weight excluding hydrogens is 290 g/mol. The molecule has 0 amide bonds. The molecule has 0 atom stereocenters. The lowest BCUT2D eigenvalue weighted by Crippen LogP contribution is -2.35. The Balaban J connectivity index is 1.75. The van der Waals surface area contributed by atoms with Crippen molar-refractivity contribution in [2.45, 2.75) is 38.3 Å². The van der Waals surface area contributed by atoms with Crippen LogP contribution in [0, 0.1) is 10.1 Å². The van der Waals surface area contributed by atoms with Crippen LogP contribution in [-0.4, -0.2) is 36.0 Å². The van der Waals surface area contributed by atoms with Gasteiger partial charge in [0.1, 0.15) is 5.02 Å². The van der Waals surface area contributed by atoms with Crippen LogP contribution in [0.3, 0.4) is 0 Å². The number of nitro benzene ring substituents is 1. The van der Waals surface area contributed by atoms with Crippen LogP contribution >= 0.6 is 11.6 Å². The number of likely N-dealkylation sites (N-methyl/N-ethyl adjacent to an activating group) is 1. The van der Waals surface area contributed by atoms with E-state index in [4.69, 9.17) is 11.6 Å². The Morgan fingerprint density at radius 3 is 2.81 bits per heavy atom. The number of nitro groups is 1. The van der Waals surface area contributed by atoms with Gasteiger partial charge in [-0.3, -0.25) is 10.1 Å². The molecule has 6 heteroatoms. The lowest BCUT2D eigenvalue weighted by Gasteiger charge is -2.23. The summed E-state index contributed by atoms with van der Waals surface area (Å²) in [5.74, 6) is 0. The first-order valence-corrected chi connectivity index (χ1v) is 7.79. The smallest absolute Gasteiger partial charge is 0.288 e. The molecule has 1 aliphatic carbocycles. The summed E-state index contributed by atoms with van der Waals surface area (Å²) in [5.41, 5.74) is 0.855. The average molecular weight is 312 g/mol. The second-order valence-corrected chi connectivity index (χ2v) is 6.05. The number of nitrogens with one attached hydrogen (secondary N) is 1. The Bertz CT molecular complexity index is 490. The van der Waals surface area contributed by atoms with Gasteiger partial charge in [0, 0.05) is 31.7 Å². The second kappa shape index (κ2) is 7.73. The maximum Gasteiger partial charge on any atom is 0.288 e. The topological polar surface area (TPSA) is 58.4 Å². The highest BCUT2D eigenvalue weighted by atomic mass is 35.5. The summed E-state index contributed by atoms with van der Waals surface area (Å²) < 4.78 is 0. The molecule has 1 aliphatic rings. The van der Waals surface area contributed by atoms with Crippen molar-refractivity contribution >= 4 is 17.3 Å². The van der Waals surface area contributed by atoms with E-state index in [0.29, 0.717) is 6.54 Å². The molecule has 0 aliphatic heterocycles. The molecular formula is C15H22ClN3O2. The van der Waals surface area contributed by atoms with E-state index in [1.165, 1.54) is 31.7 Å². The Morgan fingerprint density at radius 2 is 2.14 bits per heavy atom. The Hall–Kier alpha value is -1.17. The second-order valence-electron chi connectivity index (χ2n) is 5.64. The molecule has 0 radical (unpaired) electrons. The highest BCUT2D eigenvalue weighted by molar-refractivity contribution is 6.32. The third kappa shape index (κ3) is 4.66. The van der Waals surface area contributed by atoms with Crippen LogP contribution in [-0.2, 0) is 6.54 Å². The van der Waals surface area contributed by atoms with E-state index in [0.717, 1.165) is 24.7 Å². The third-order valence-corrected chi connectivity index (χ3v) is 4.45. The van der Waals surface area contributed by atoms with E-state index in [1.54, 1.807) is 6.07 Å². The molecule has 1 saturated carbocycles. The summed E-state index contributed by atoms with van der Waals surface area (Å²) >= 11 is 5.80. The zero-order chi connectivity index (χ0) is 15.2. The van der Waals surface area contributed by atoms with Crippen molar-refractivity contribution in [3.8, 4) is 0 Å². The van der Waals surface area contributed by atoms with Crippen molar-refractivity contribution in [2.24, 2.45) is 0 Å². The van der Waals surface area contributed by atoms with Gasteiger partial charge >= 0.3 is 0 Å². The van der Waals surface area contributed by atoms with Crippen LogP contribution in [0.15, 0.2) is 18.2 Å². The molecule has 0 bridgehead atoms. The zero-order valence-corrected chi connectivity index (χ0v) is 13.1. The van der Waals surface area contributed by atoms with Gasteiger partial charge in [-0.1, -0.05) is 30.5 Å². The maximum absolute atomic E-state index is 10.8. The Morgan fingerprint density at radius 1 is 1.43 bits per heavy atom. The fraction of sp³-hybridized carbons (Fsp3) is 0.600. The monoisotopic (exact) mass is 311 g/mol. The number of hydrogen-bond acceptors (Lipinski definition) is 4. The number of halogens is 1. The lowest BCUT2D eigenvalue weighted by atomic mass is 10.2. The fourth-order valence-electron chi connectivity index (χ4n) is 2.82. The van der Waals surface area contributed by atoms with Crippen LogP contribution in [0.5, 0.6) is 0 Å². The number of hydrogen-bond donors (Lipinski definition) is 1. The van der Waals surface area contributed by atoms with Crippen LogP contribution in [0.4, 0.5) is 5.69 Å². The standard InChI is InChI=1S/C15H22ClN3O2/c1-18(13-4-2-3-5-13)9-8-17-11-12-6-7-14(16)15(10-12)19(20)21/h6-7,10,13,17H,2-5,8-9,11H2,1H3. The molecule has 0 unspecified atom stereocenters. The van der Waals surface area contributed by atoms with Crippen LogP contribution in [0.25, 0.3) is 0 Å². The highest BCUT2D eigenvalue weighted by Crippen LogP contribution is 2.25. The number of rotatable bonds is 7. The van der Waals surface area contributed by atoms with E-state index >= 15 is 0 Å².